The minimum Gasteiger partial charge on any atom is -0.493 e. The standard InChI is InChI=1S/C12H13NO8/c1-3-20-11(14)6-21-10-5-8(13(17)18)7(12(15)16)4-9(10)19-2/h4-5H,3,6H2,1-2H3,(H,15,16). The maximum Gasteiger partial charge on any atom is 0.344 e. The SMILES string of the molecule is CCOC(=O)COc1cc([N+](=O)[O-])c(C(=O)O)cc1OC. The molecule has 1 aromatic carbocycles. The van der Waals surface area contributed by atoms with Gasteiger partial charge in [-0.25, -0.2) is 9.59 Å². The van der Waals surface area contributed by atoms with Gasteiger partial charge in [-0.1, -0.05) is 0 Å². The number of aromatic carboxylic acids is 1. The number of carboxylic acids is 1. The molecule has 0 saturated carbocycles. The molecule has 114 valence electrons. The summed E-state index contributed by atoms with van der Waals surface area (Å²) in [5, 5.41) is 19.8. The Labute approximate surface area is 119 Å². The molecule has 0 fully saturated rings. The second kappa shape index (κ2) is 7.08. The van der Waals surface area contributed by atoms with E-state index in [-0.39, 0.29) is 18.1 Å². The Bertz CT molecular complexity index is 569. The molecule has 0 spiro atoms. The fourth-order valence-electron chi connectivity index (χ4n) is 1.48. The number of benzene rings is 1. The average Bonchev–Trinajstić information content (AvgIpc) is 2.44. The number of nitrogens with zero attached hydrogens (tertiary/aromatic N) is 1. The Balaban J connectivity index is 3.13. The normalized spacial score (nSPS) is 9.81. The number of nitro benzene ring substituents is 1. The van der Waals surface area contributed by atoms with Gasteiger partial charge in [0.1, 0.15) is 5.56 Å². The van der Waals surface area contributed by atoms with E-state index in [1.54, 1.807) is 6.92 Å². The molecule has 9 heteroatoms. The lowest BCUT2D eigenvalue weighted by Gasteiger charge is -2.11. The van der Waals surface area contributed by atoms with Gasteiger partial charge in [-0.05, 0) is 6.92 Å². The van der Waals surface area contributed by atoms with Crippen LogP contribution >= 0.6 is 0 Å². The van der Waals surface area contributed by atoms with Gasteiger partial charge in [0.05, 0.1) is 24.7 Å². The summed E-state index contributed by atoms with van der Waals surface area (Å²) in [6.45, 7) is 1.30. The first-order chi connectivity index (χ1) is 9.90. The van der Waals surface area contributed by atoms with Crippen LogP contribution in [0.15, 0.2) is 12.1 Å². The van der Waals surface area contributed by atoms with Crippen molar-refractivity contribution in [1.29, 1.82) is 0 Å². The third-order valence-electron chi connectivity index (χ3n) is 2.36. The van der Waals surface area contributed by atoms with Crippen LogP contribution < -0.4 is 9.47 Å². The Morgan fingerprint density at radius 3 is 2.48 bits per heavy atom. The zero-order valence-corrected chi connectivity index (χ0v) is 11.3. The number of hydrogen-bond donors (Lipinski definition) is 1. The van der Waals surface area contributed by atoms with Gasteiger partial charge in [-0.3, -0.25) is 10.1 Å². The number of carboxylic acid groups (broad SMARTS) is 1. The van der Waals surface area contributed by atoms with Gasteiger partial charge in [0, 0.05) is 6.07 Å². The second-order valence-electron chi connectivity index (χ2n) is 3.68. The minimum atomic E-state index is -1.48. The summed E-state index contributed by atoms with van der Waals surface area (Å²) in [7, 11) is 1.24. The van der Waals surface area contributed by atoms with Gasteiger partial charge >= 0.3 is 11.9 Å². The minimum absolute atomic E-state index is 0.0395. The number of esters is 1. The molecule has 1 rings (SSSR count). The number of carbonyl (C=O) groups is 2. The lowest BCUT2D eigenvalue weighted by Crippen LogP contribution is -2.15. The van der Waals surface area contributed by atoms with Gasteiger partial charge in [-0.2, -0.15) is 0 Å². The van der Waals surface area contributed by atoms with Crippen molar-refractivity contribution in [2.75, 3.05) is 20.3 Å². The predicted molar refractivity (Wildman–Crippen MR) is 68.7 cm³/mol. The fourth-order valence-corrected chi connectivity index (χ4v) is 1.48. The van der Waals surface area contributed by atoms with E-state index >= 15 is 0 Å². The highest BCUT2D eigenvalue weighted by Crippen LogP contribution is 2.34. The third kappa shape index (κ3) is 4.06. The summed E-state index contributed by atoms with van der Waals surface area (Å²) in [5.41, 5.74) is -1.21. The van der Waals surface area contributed by atoms with Crippen LogP contribution in [0.4, 0.5) is 5.69 Å². The Hall–Kier alpha value is -2.84. The number of methoxy groups -OCH3 is 1. The van der Waals surface area contributed by atoms with Crippen LogP contribution in [0.1, 0.15) is 17.3 Å². The van der Waals surface area contributed by atoms with Crippen LogP contribution in [0.2, 0.25) is 0 Å². The zero-order valence-electron chi connectivity index (χ0n) is 11.3. The van der Waals surface area contributed by atoms with E-state index in [0.29, 0.717) is 0 Å². The summed E-state index contributed by atoms with van der Waals surface area (Å²) in [5.74, 6) is -2.30. The molecule has 1 N–H and O–H groups in total. The van der Waals surface area contributed by atoms with E-state index in [2.05, 4.69) is 4.74 Å². The van der Waals surface area contributed by atoms with Crippen LogP contribution in [-0.4, -0.2) is 42.3 Å². The molecule has 0 amide bonds. The van der Waals surface area contributed by atoms with Crippen molar-refractivity contribution in [2.45, 2.75) is 6.92 Å². The molecule has 0 aliphatic rings. The van der Waals surface area contributed by atoms with E-state index < -0.39 is 34.7 Å². The van der Waals surface area contributed by atoms with Crippen LogP contribution in [-0.2, 0) is 9.53 Å². The van der Waals surface area contributed by atoms with Gasteiger partial charge in [-0.15, -0.1) is 0 Å². The average molecular weight is 299 g/mol. The first-order valence-electron chi connectivity index (χ1n) is 5.78. The number of carbonyl (C=O) groups excluding carboxylic acids is 1. The quantitative estimate of drug-likeness (QED) is 0.453. The highest BCUT2D eigenvalue weighted by atomic mass is 16.6. The van der Waals surface area contributed by atoms with Crippen LogP contribution in [0.3, 0.4) is 0 Å². The highest BCUT2D eigenvalue weighted by molar-refractivity contribution is 5.93. The first kappa shape index (κ1) is 16.2. The van der Waals surface area contributed by atoms with Crippen LogP contribution in [0.25, 0.3) is 0 Å². The Kier molecular flexibility index (Phi) is 5.47. The molecule has 0 aliphatic heterocycles. The molecule has 0 atom stereocenters. The molecule has 1 aromatic rings. The Morgan fingerprint density at radius 1 is 1.33 bits per heavy atom. The van der Waals surface area contributed by atoms with E-state index in [1.807, 2.05) is 0 Å². The van der Waals surface area contributed by atoms with E-state index in [9.17, 15) is 19.7 Å². The molecule has 0 saturated heterocycles. The lowest BCUT2D eigenvalue weighted by molar-refractivity contribution is -0.385. The zero-order chi connectivity index (χ0) is 16.0. The summed E-state index contributed by atoms with van der Waals surface area (Å²) in [6, 6.07) is 1.85. The molecule has 21 heavy (non-hydrogen) atoms. The topological polar surface area (TPSA) is 125 Å². The van der Waals surface area contributed by atoms with E-state index in [1.165, 1.54) is 7.11 Å². The van der Waals surface area contributed by atoms with E-state index in [4.69, 9.17) is 14.6 Å². The smallest absolute Gasteiger partial charge is 0.344 e. The van der Waals surface area contributed by atoms with Crippen molar-refractivity contribution in [3.8, 4) is 11.5 Å². The van der Waals surface area contributed by atoms with Crippen molar-refractivity contribution in [3.05, 3.63) is 27.8 Å². The Morgan fingerprint density at radius 2 is 2.00 bits per heavy atom. The molecular weight excluding hydrogens is 286 g/mol. The van der Waals surface area contributed by atoms with E-state index in [0.717, 1.165) is 12.1 Å². The second-order valence-corrected chi connectivity index (χ2v) is 3.68. The maximum absolute atomic E-state index is 11.2. The molecule has 0 radical (unpaired) electrons. The van der Waals surface area contributed by atoms with Crippen molar-refractivity contribution >= 4 is 17.6 Å². The fraction of sp³-hybridized carbons (Fsp3) is 0.333. The number of rotatable bonds is 7. The summed E-state index contributed by atoms with van der Waals surface area (Å²) in [6.07, 6.45) is 0. The summed E-state index contributed by atoms with van der Waals surface area (Å²) < 4.78 is 14.6. The molecule has 0 heterocycles. The molecule has 0 bridgehead atoms. The van der Waals surface area contributed by atoms with Gasteiger partial charge < -0.3 is 19.3 Å². The molecule has 0 aliphatic carbocycles. The third-order valence-corrected chi connectivity index (χ3v) is 2.36. The lowest BCUT2D eigenvalue weighted by atomic mass is 10.1. The highest BCUT2D eigenvalue weighted by Gasteiger charge is 2.24. The number of hydrogen-bond acceptors (Lipinski definition) is 7. The molecule has 0 unspecified atom stereocenters. The monoisotopic (exact) mass is 299 g/mol. The molecule has 0 aromatic heterocycles. The van der Waals surface area contributed by atoms with Crippen LogP contribution in [0.5, 0.6) is 11.5 Å². The summed E-state index contributed by atoms with van der Waals surface area (Å²) in [4.78, 5) is 32.2. The van der Waals surface area contributed by atoms with Crippen molar-refractivity contribution in [3.63, 3.8) is 0 Å². The first-order valence-corrected chi connectivity index (χ1v) is 5.78. The van der Waals surface area contributed by atoms with Crippen LogP contribution in [0, 0.1) is 10.1 Å². The van der Waals surface area contributed by atoms with Crippen molar-refractivity contribution < 1.29 is 33.8 Å². The number of ether oxygens (including phenoxy) is 3. The largest absolute Gasteiger partial charge is 0.493 e. The maximum atomic E-state index is 11.2. The molecular formula is C12H13NO8. The van der Waals surface area contributed by atoms with Gasteiger partial charge in [0.25, 0.3) is 5.69 Å². The predicted octanol–water partition coefficient (Wildman–Crippen LogP) is 1.24. The van der Waals surface area contributed by atoms with Gasteiger partial charge in [0.2, 0.25) is 0 Å². The number of nitro groups is 1. The van der Waals surface area contributed by atoms with Crippen molar-refractivity contribution in [2.24, 2.45) is 0 Å². The summed E-state index contributed by atoms with van der Waals surface area (Å²) >= 11 is 0. The molecule has 9 nitrogen and oxygen atoms in total. The van der Waals surface area contributed by atoms with Crippen molar-refractivity contribution in [1.82, 2.24) is 0 Å². The van der Waals surface area contributed by atoms with Gasteiger partial charge in [0.15, 0.2) is 18.1 Å².